The number of amides is 2. The van der Waals surface area contributed by atoms with Gasteiger partial charge in [-0.15, -0.1) is 0 Å². The molecule has 2 aromatic rings. The van der Waals surface area contributed by atoms with E-state index in [2.05, 4.69) is 5.32 Å². The summed E-state index contributed by atoms with van der Waals surface area (Å²) >= 11 is 5.95. The lowest BCUT2D eigenvalue weighted by Crippen LogP contribution is -2.46. The van der Waals surface area contributed by atoms with Crippen molar-refractivity contribution in [3.8, 4) is 0 Å². The summed E-state index contributed by atoms with van der Waals surface area (Å²) in [7, 11) is -1.91. The molecule has 1 saturated heterocycles. The number of sulfonamides is 1. The third kappa shape index (κ3) is 6.34. The van der Waals surface area contributed by atoms with Crippen molar-refractivity contribution in [1.29, 1.82) is 0 Å². The zero-order chi connectivity index (χ0) is 24.0. The molecular formula is C24H30ClN3O4S. The smallest absolute Gasteiger partial charge is 0.243 e. The molecule has 1 aliphatic heterocycles. The third-order valence-electron chi connectivity index (χ3n) is 5.93. The van der Waals surface area contributed by atoms with Crippen LogP contribution in [-0.2, 0) is 32.6 Å². The van der Waals surface area contributed by atoms with Crippen molar-refractivity contribution >= 4 is 33.4 Å². The number of carbonyl (C=O) groups is 2. The Kier molecular flexibility index (Phi) is 8.51. The Morgan fingerprint density at radius 3 is 2.18 bits per heavy atom. The topological polar surface area (TPSA) is 86.8 Å². The zero-order valence-corrected chi connectivity index (χ0v) is 20.5. The SMILES string of the molecule is CNC(=O)C(C)N(Cc1ccc(Cl)cc1)C(=O)CCc1ccc(S(=O)(=O)N2CCCC2)cc1. The second-order valence-corrected chi connectivity index (χ2v) is 10.6. The van der Waals surface area contributed by atoms with Crippen molar-refractivity contribution in [3.63, 3.8) is 0 Å². The van der Waals surface area contributed by atoms with Gasteiger partial charge in [0, 0.05) is 38.1 Å². The van der Waals surface area contributed by atoms with Gasteiger partial charge in [0.25, 0.3) is 0 Å². The summed E-state index contributed by atoms with van der Waals surface area (Å²) in [4.78, 5) is 27.1. The number of aryl methyl sites for hydroxylation is 1. The predicted molar refractivity (Wildman–Crippen MR) is 128 cm³/mol. The lowest BCUT2D eigenvalue weighted by atomic mass is 10.1. The first-order valence-electron chi connectivity index (χ1n) is 11.1. The number of hydrogen-bond donors (Lipinski definition) is 1. The van der Waals surface area contributed by atoms with Crippen LogP contribution < -0.4 is 5.32 Å². The van der Waals surface area contributed by atoms with E-state index in [9.17, 15) is 18.0 Å². The van der Waals surface area contributed by atoms with Crippen LogP contribution >= 0.6 is 11.6 Å². The average Bonchev–Trinajstić information content (AvgIpc) is 3.37. The van der Waals surface area contributed by atoms with Gasteiger partial charge in [0.05, 0.1) is 4.90 Å². The molecule has 2 aromatic carbocycles. The van der Waals surface area contributed by atoms with Crippen molar-refractivity contribution < 1.29 is 18.0 Å². The quantitative estimate of drug-likeness (QED) is 0.583. The molecule has 0 bridgehead atoms. The van der Waals surface area contributed by atoms with Crippen LogP contribution in [0.2, 0.25) is 5.02 Å². The van der Waals surface area contributed by atoms with Gasteiger partial charge in [-0.1, -0.05) is 35.9 Å². The number of rotatable bonds is 9. The molecule has 33 heavy (non-hydrogen) atoms. The highest BCUT2D eigenvalue weighted by atomic mass is 35.5. The normalized spacial score (nSPS) is 15.2. The number of carbonyl (C=O) groups excluding carboxylic acids is 2. The van der Waals surface area contributed by atoms with Gasteiger partial charge in [0.1, 0.15) is 6.04 Å². The Bertz CT molecular complexity index is 1070. The van der Waals surface area contributed by atoms with Crippen LogP contribution in [0, 0.1) is 0 Å². The highest BCUT2D eigenvalue weighted by Gasteiger charge is 2.27. The molecule has 0 aliphatic carbocycles. The fourth-order valence-electron chi connectivity index (χ4n) is 3.88. The number of nitrogens with one attached hydrogen (secondary N) is 1. The number of hydrogen-bond acceptors (Lipinski definition) is 4. The summed E-state index contributed by atoms with van der Waals surface area (Å²) in [6.07, 6.45) is 2.43. The summed E-state index contributed by atoms with van der Waals surface area (Å²) in [5.74, 6) is -0.399. The average molecular weight is 492 g/mol. The van der Waals surface area contributed by atoms with Gasteiger partial charge in [-0.2, -0.15) is 4.31 Å². The van der Waals surface area contributed by atoms with Crippen LogP contribution in [0.3, 0.4) is 0 Å². The molecule has 9 heteroatoms. The van der Waals surface area contributed by atoms with E-state index in [0.29, 0.717) is 24.5 Å². The first-order valence-corrected chi connectivity index (χ1v) is 12.9. The Morgan fingerprint density at radius 1 is 1.03 bits per heavy atom. The monoisotopic (exact) mass is 491 g/mol. The molecule has 178 valence electrons. The molecule has 1 aliphatic rings. The molecule has 7 nitrogen and oxygen atoms in total. The lowest BCUT2D eigenvalue weighted by molar-refractivity contribution is -0.140. The van der Waals surface area contributed by atoms with E-state index < -0.39 is 16.1 Å². The molecule has 2 amide bonds. The Balaban J connectivity index is 1.67. The second-order valence-electron chi connectivity index (χ2n) is 8.19. The van der Waals surface area contributed by atoms with Crippen molar-refractivity contribution in [2.24, 2.45) is 0 Å². The van der Waals surface area contributed by atoms with Gasteiger partial charge in [-0.05, 0) is 61.6 Å². The first-order chi connectivity index (χ1) is 15.7. The summed E-state index contributed by atoms with van der Waals surface area (Å²) in [6, 6.07) is 13.2. The molecule has 0 spiro atoms. The molecular weight excluding hydrogens is 462 g/mol. The number of nitrogens with zero attached hydrogens (tertiary/aromatic N) is 2. The maximum atomic E-state index is 13.1. The van der Waals surface area contributed by atoms with E-state index in [1.807, 2.05) is 12.1 Å². The fourth-order valence-corrected chi connectivity index (χ4v) is 5.52. The Hall–Kier alpha value is -2.42. The Labute approximate surface area is 200 Å². The molecule has 0 aromatic heterocycles. The summed E-state index contributed by atoms with van der Waals surface area (Å²) in [5, 5.41) is 3.20. The van der Waals surface area contributed by atoms with Crippen molar-refractivity contribution in [3.05, 3.63) is 64.7 Å². The van der Waals surface area contributed by atoms with Gasteiger partial charge in [-0.3, -0.25) is 9.59 Å². The largest absolute Gasteiger partial charge is 0.357 e. The number of halogens is 1. The van der Waals surface area contributed by atoms with E-state index in [0.717, 1.165) is 24.0 Å². The maximum absolute atomic E-state index is 13.1. The second kappa shape index (κ2) is 11.1. The zero-order valence-electron chi connectivity index (χ0n) is 19.0. The van der Waals surface area contributed by atoms with Gasteiger partial charge in [0.2, 0.25) is 21.8 Å². The summed E-state index contributed by atoms with van der Waals surface area (Å²) < 4.78 is 26.9. The van der Waals surface area contributed by atoms with Crippen molar-refractivity contribution in [2.45, 2.75) is 50.1 Å². The Morgan fingerprint density at radius 2 is 1.61 bits per heavy atom. The van der Waals surface area contributed by atoms with Crippen molar-refractivity contribution in [2.75, 3.05) is 20.1 Å². The molecule has 1 heterocycles. The van der Waals surface area contributed by atoms with Crippen molar-refractivity contribution in [1.82, 2.24) is 14.5 Å². The summed E-state index contributed by atoms with van der Waals surface area (Å²) in [6.45, 7) is 3.11. The van der Waals surface area contributed by atoms with Crippen LogP contribution in [0.5, 0.6) is 0 Å². The highest BCUT2D eigenvalue weighted by Crippen LogP contribution is 2.22. The van der Waals surface area contributed by atoms with E-state index in [1.54, 1.807) is 55.3 Å². The van der Waals surface area contributed by atoms with Crippen LogP contribution in [0.1, 0.15) is 37.3 Å². The fraction of sp³-hybridized carbons (Fsp3) is 0.417. The summed E-state index contributed by atoms with van der Waals surface area (Å²) in [5.41, 5.74) is 1.74. The van der Waals surface area contributed by atoms with Gasteiger partial charge < -0.3 is 10.2 Å². The molecule has 3 rings (SSSR count). The number of benzene rings is 2. The minimum Gasteiger partial charge on any atom is -0.357 e. The van der Waals surface area contributed by atoms with Gasteiger partial charge in [-0.25, -0.2) is 8.42 Å². The first kappa shape index (κ1) is 25.2. The molecule has 1 unspecified atom stereocenters. The van der Waals surface area contributed by atoms with E-state index in [4.69, 9.17) is 11.6 Å². The molecule has 0 saturated carbocycles. The minimum atomic E-state index is -3.46. The van der Waals surface area contributed by atoms with E-state index >= 15 is 0 Å². The van der Waals surface area contributed by atoms with Gasteiger partial charge >= 0.3 is 0 Å². The number of likely N-dealkylation sites (N-methyl/N-ethyl adjacent to an activating group) is 1. The van der Waals surface area contributed by atoms with Crippen LogP contribution in [0.15, 0.2) is 53.4 Å². The van der Waals surface area contributed by atoms with Crippen LogP contribution in [-0.4, -0.2) is 55.6 Å². The van der Waals surface area contributed by atoms with Crippen LogP contribution in [0.25, 0.3) is 0 Å². The predicted octanol–water partition coefficient (Wildman–Crippen LogP) is 3.22. The molecule has 0 radical (unpaired) electrons. The molecule has 1 N–H and O–H groups in total. The van der Waals surface area contributed by atoms with Gasteiger partial charge in [0.15, 0.2) is 0 Å². The standard InChI is InChI=1S/C24H30ClN3O4S/c1-18(24(30)26-2)28(17-20-5-10-21(25)11-6-20)23(29)14-9-19-7-12-22(13-8-19)33(31,32)27-15-3-4-16-27/h5-8,10-13,18H,3-4,9,14-17H2,1-2H3,(H,26,30). The molecule has 1 atom stereocenters. The van der Waals surface area contributed by atoms with E-state index in [-0.39, 0.29) is 29.7 Å². The minimum absolute atomic E-state index is 0.158. The lowest BCUT2D eigenvalue weighted by Gasteiger charge is -2.28. The maximum Gasteiger partial charge on any atom is 0.243 e. The van der Waals surface area contributed by atoms with Crippen LogP contribution in [0.4, 0.5) is 0 Å². The highest BCUT2D eigenvalue weighted by molar-refractivity contribution is 7.89. The van der Waals surface area contributed by atoms with E-state index in [1.165, 1.54) is 4.31 Å². The third-order valence-corrected chi connectivity index (χ3v) is 8.10. The molecule has 1 fully saturated rings.